The first-order chi connectivity index (χ1) is 5.72. The zero-order valence-electron chi connectivity index (χ0n) is 7.76. The topological polar surface area (TPSA) is 37.0 Å². The van der Waals surface area contributed by atoms with Crippen molar-refractivity contribution in [3.05, 3.63) is 18.3 Å². The predicted octanol–water partition coefficient (Wildman–Crippen LogP) is 1.94. The van der Waals surface area contributed by atoms with Gasteiger partial charge in [-0.3, -0.25) is 0 Å². The van der Waals surface area contributed by atoms with Crippen molar-refractivity contribution in [3.63, 3.8) is 0 Å². The van der Waals surface area contributed by atoms with Gasteiger partial charge in [0.1, 0.15) is 5.82 Å². The highest BCUT2D eigenvalue weighted by molar-refractivity contribution is 5.46. The molecule has 0 radical (unpaired) electrons. The van der Waals surface area contributed by atoms with Crippen molar-refractivity contribution in [2.24, 2.45) is 0 Å². The Labute approximate surface area is 73.2 Å². The summed E-state index contributed by atoms with van der Waals surface area (Å²) in [6, 6.07) is 4.39. The molecule has 0 amide bonds. The van der Waals surface area contributed by atoms with Crippen LogP contribution < -0.4 is 10.6 Å². The molecule has 0 aromatic carbocycles. The molecule has 0 atom stereocenters. The van der Waals surface area contributed by atoms with Crippen LogP contribution >= 0.6 is 0 Å². The number of pyridine rings is 1. The molecule has 0 bridgehead atoms. The zero-order valence-corrected chi connectivity index (χ0v) is 7.76. The summed E-state index contributed by atoms with van der Waals surface area (Å²) >= 11 is 0. The molecule has 0 aliphatic heterocycles. The number of hydrogen-bond donors (Lipinski definition) is 2. The van der Waals surface area contributed by atoms with E-state index in [2.05, 4.69) is 29.5 Å². The first-order valence-corrected chi connectivity index (χ1v) is 4.12. The minimum absolute atomic E-state index is 0.429. The molecule has 0 aliphatic carbocycles. The van der Waals surface area contributed by atoms with E-state index in [-0.39, 0.29) is 0 Å². The van der Waals surface area contributed by atoms with Crippen molar-refractivity contribution >= 4 is 11.5 Å². The SMILES string of the molecule is CNc1ccc(NC(C)C)nc1. The molecule has 0 aliphatic rings. The Kier molecular flexibility index (Phi) is 2.91. The maximum Gasteiger partial charge on any atom is 0.126 e. The standard InChI is InChI=1S/C9H15N3/c1-7(2)12-9-5-4-8(10-3)6-11-9/h4-7,10H,1-3H3,(H,11,12). The van der Waals surface area contributed by atoms with Gasteiger partial charge in [0, 0.05) is 13.1 Å². The maximum absolute atomic E-state index is 4.22. The Bertz CT molecular complexity index is 228. The van der Waals surface area contributed by atoms with E-state index in [0.717, 1.165) is 11.5 Å². The summed E-state index contributed by atoms with van der Waals surface area (Å²) in [5, 5.41) is 6.23. The molecule has 12 heavy (non-hydrogen) atoms. The predicted molar refractivity (Wildman–Crippen MR) is 52.5 cm³/mol. The lowest BCUT2D eigenvalue weighted by molar-refractivity contribution is 0.889. The highest BCUT2D eigenvalue weighted by Gasteiger charge is 1.95. The summed E-state index contributed by atoms with van der Waals surface area (Å²) < 4.78 is 0. The molecule has 0 saturated heterocycles. The van der Waals surface area contributed by atoms with Crippen LogP contribution in [0.25, 0.3) is 0 Å². The van der Waals surface area contributed by atoms with Crippen molar-refractivity contribution in [1.82, 2.24) is 4.98 Å². The number of hydrogen-bond acceptors (Lipinski definition) is 3. The summed E-state index contributed by atoms with van der Waals surface area (Å²) in [5.74, 6) is 0.920. The van der Waals surface area contributed by atoms with Gasteiger partial charge in [0.15, 0.2) is 0 Å². The van der Waals surface area contributed by atoms with Gasteiger partial charge in [-0.15, -0.1) is 0 Å². The first kappa shape index (κ1) is 8.84. The minimum Gasteiger partial charge on any atom is -0.387 e. The van der Waals surface area contributed by atoms with Crippen LogP contribution in [0.3, 0.4) is 0 Å². The Morgan fingerprint density at radius 1 is 1.33 bits per heavy atom. The normalized spacial score (nSPS) is 10.0. The molecule has 0 saturated carbocycles. The van der Waals surface area contributed by atoms with Crippen LogP contribution in [0.4, 0.5) is 11.5 Å². The number of rotatable bonds is 3. The van der Waals surface area contributed by atoms with Gasteiger partial charge in [0.2, 0.25) is 0 Å². The largest absolute Gasteiger partial charge is 0.387 e. The summed E-state index contributed by atoms with van der Waals surface area (Å²) in [5.41, 5.74) is 1.03. The van der Waals surface area contributed by atoms with Gasteiger partial charge >= 0.3 is 0 Å². The van der Waals surface area contributed by atoms with Crippen LogP contribution in [0.5, 0.6) is 0 Å². The van der Waals surface area contributed by atoms with Crippen molar-refractivity contribution in [2.75, 3.05) is 17.7 Å². The molecule has 3 nitrogen and oxygen atoms in total. The fourth-order valence-corrected chi connectivity index (χ4v) is 0.923. The lowest BCUT2D eigenvalue weighted by Crippen LogP contribution is -2.10. The minimum atomic E-state index is 0.429. The third-order valence-electron chi connectivity index (χ3n) is 1.49. The van der Waals surface area contributed by atoms with Crippen LogP contribution in [0, 0.1) is 0 Å². The monoisotopic (exact) mass is 165 g/mol. The summed E-state index contributed by atoms with van der Waals surface area (Å²) in [6.45, 7) is 4.18. The van der Waals surface area contributed by atoms with E-state index in [4.69, 9.17) is 0 Å². The third-order valence-corrected chi connectivity index (χ3v) is 1.49. The Balaban J connectivity index is 2.65. The van der Waals surface area contributed by atoms with E-state index in [1.807, 2.05) is 25.4 Å². The summed E-state index contributed by atoms with van der Waals surface area (Å²) in [4.78, 5) is 4.22. The van der Waals surface area contributed by atoms with Gasteiger partial charge in [-0.1, -0.05) is 0 Å². The molecule has 1 rings (SSSR count). The lowest BCUT2D eigenvalue weighted by atomic mass is 10.3. The van der Waals surface area contributed by atoms with Crippen molar-refractivity contribution in [1.29, 1.82) is 0 Å². The van der Waals surface area contributed by atoms with E-state index in [9.17, 15) is 0 Å². The number of anilines is 2. The van der Waals surface area contributed by atoms with E-state index < -0.39 is 0 Å². The van der Waals surface area contributed by atoms with E-state index in [0.29, 0.717) is 6.04 Å². The van der Waals surface area contributed by atoms with Crippen LogP contribution in [0.2, 0.25) is 0 Å². The molecule has 1 heterocycles. The number of aromatic nitrogens is 1. The molecule has 0 unspecified atom stereocenters. The average Bonchev–Trinajstić information content (AvgIpc) is 2.05. The molecular weight excluding hydrogens is 150 g/mol. The smallest absolute Gasteiger partial charge is 0.126 e. The fraction of sp³-hybridized carbons (Fsp3) is 0.444. The second-order valence-corrected chi connectivity index (χ2v) is 2.98. The molecule has 0 spiro atoms. The Morgan fingerprint density at radius 3 is 2.50 bits per heavy atom. The Hall–Kier alpha value is -1.25. The fourth-order valence-electron chi connectivity index (χ4n) is 0.923. The van der Waals surface area contributed by atoms with Crippen molar-refractivity contribution < 1.29 is 0 Å². The Morgan fingerprint density at radius 2 is 2.08 bits per heavy atom. The van der Waals surface area contributed by atoms with E-state index in [1.165, 1.54) is 0 Å². The van der Waals surface area contributed by atoms with Gasteiger partial charge in [0.25, 0.3) is 0 Å². The number of nitrogens with one attached hydrogen (secondary N) is 2. The lowest BCUT2D eigenvalue weighted by Gasteiger charge is -2.08. The third kappa shape index (κ3) is 2.42. The molecule has 0 fully saturated rings. The summed E-state index contributed by atoms with van der Waals surface area (Å²) in [7, 11) is 1.88. The van der Waals surface area contributed by atoms with Crippen LogP contribution in [-0.2, 0) is 0 Å². The first-order valence-electron chi connectivity index (χ1n) is 4.12. The van der Waals surface area contributed by atoms with Gasteiger partial charge < -0.3 is 10.6 Å². The van der Waals surface area contributed by atoms with Crippen LogP contribution in [-0.4, -0.2) is 18.1 Å². The van der Waals surface area contributed by atoms with Gasteiger partial charge in [-0.25, -0.2) is 4.98 Å². The zero-order chi connectivity index (χ0) is 8.97. The van der Waals surface area contributed by atoms with Crippen molar-refractivity contribution in [2.45, 2.75) is 19.9 Å². The number of nitrogens with zero attached hydrogens (tertiary/aromatic N) is 1. The summed E-state index contributed by atoms with van der Waals surface area (Å²) in [6.07, 6.45) is 1.81. The quantitative estimate of drug-likeness (QED) is 0.718. The maximum atomic E-state index is 4.22. The molecule has 66 valence electrons. The van der Waals surface area contributed by atoms with E-state index in [1.54, 1.807) is 0 Å². The van der Waals surface area contributed by atoms with Crippen LogP contribution in [0.15, 0.2) is 18.3 Å². The second kappa shape index (κ2) is 3.95. The highest BCUT2D eigenvalue weighted by Crippen LogP contribution is 2.09. The molecule has 3 heteroatoms. The highest BCUT2D eigenvalue weighted by atomic mass is 15.0. The molecule has 1 aromatic heterocycles. The van der Waals surface area contributed by atoms with Gasteiger partial charge in [-0.2, -0.15) is 0 Å². The van der Waals surface area contributed by atoms with E-state index >= 15 is 0 Å². The van der Waals surface area contributed by atoms with Gasteiger partial charge in [0.05, 0.1) is 11.9 Å². The average molecular weight is 165 g/mol. The molecule has 1 aromatic rings. The van der Waals surface area contributed by atoms with Crippen molar-refractivity contribution in [3.8, 4) is 0 Å². The van der Waals surface area contributed by atoms with Crippen LogP contribution in [0.1, 0.15) is 13.8 Å². The second-order valence-electron chi connectivity index (χ2n) is 2.98. The molecular formula is C9H15N3. The molecule has 2 N–H and O–H groups in total. The van der Waals surface area contributed by atoms with Gasteiger partial charge in [-0.05, 0) is 26.0 Å².